The fraction of sp³-hybridized carbons (Fsp3) is 0.562. The number of nitrogens with one attached hydrogen (secondary N) is 3. The summed E-state index contributed by atoms with van der Waals surface area (Å²) >= 11 is 0. The Balaban J connectivity index is 1.89. The molecule has 4 heteroatoms. The zero-order valence-electron chi connectivity index (χ0n) is 12.6. The van der Waals surface area contributed by atoms with Crippen LogP contribution in [0.15, 0.2) is 24.3 Å². The van der Waals surface area contributed by atoms with Gasteiger partial charge < -0.3 is 16.0 Å². The molecular formula is C16H25N3O. The summed E-state index contributed by atoms with van der Waals surface area (Å²) < 4.78 is 0. The molecule has 1 fully saturated rings. The predicted molar refractivity (Wildman–Crippen MR) is 82.9 cm³/mol. The van der Waals surface area contributed by atoms with Crippen molar-refractivity contribution in [2.24, 2.45) is 5.92 Å². The molecule has 0 aromatic heterocycles. The van der Waals surface area contributed by atoms with Crippen LogP contribution in [0, 0.1) is 5.92 Å². The zero-order chi connectivity index (χ0) is 14.5. The molecule has 2 amide bonds. The van der Waals surface area contributed by atoms with Crippen LogP contribution >= 0.6 is 0 Å². The van der Waals surface area contributed by atoms with Crippen molar-refractivity contribution in [1.29, 1.82) is 0 Å². The molecule has 3 N–H and O–H groups in total. The van der Waals surface area contributed by atoms with Crippen molar-refractivity contribution in [2.45, 2.75) is 45.7 Å². The number of carbonyl (C=O) groups is 1. The molecule has 0 heterocycles. The molecule has 1 saturated carbocycles. The van der Waals surface area contributed by atoms with Crippen LogP contribution in [-0.2, 0) is 0 Å². The first-order valence-electron chi connectivity index (χ1n) is 7.54. The lowest BCUT2D eigenvalue weighted by Crippen LogP contribution is -2.31. The lowest BCUT2D eigenvalue weighted by molar-refractivity contribution is 0.251. The first kappa shape index (κ1) is 14.9. The van der Waals surface area contributed by atoms with Gasteiger partial charge in [0.15, 0.2) is 0 Å². The third kappa shape index (κ3) is 3.97. The first-order chi connectivity index (χ1) is 9.63. The van der Waals surface area contributed by atoms with Gasteiger partial charge in [0.1, 0.15) is 0 Å². The Hall–Kier alpha value is -1.55. The minimum Gasteiger partial charge on any atom is -0.335 e. The van der Waals surface area contributed by atoms with Gasteiger partial charge in [-0.1, -0.05) is 32.4 Å². The number of carbonyl (C=O) groups excluding carboxylic acids is 1. The number of anilines is 1. The van der Waals surface area contributed by atoms with Gasteiger partial charge in [-0.25, -0.2) is 4.79 Å². The molecule has 1 aromatic rings. The molecule has 3 atom stereocenters. The molecule has 0 radical (unpaired) electrons. The van der Waals surface area contributed by atoms with Crippen LogP contribution in [0.1, 0.15) is 45.2 Å². The van der Waals surface area contributed by atoms with Crippen LogP contribution in [0.25, 0.3) is 0 Å². The van der Waals surface area contributed by atoms with Crippen LogP contribution in [0.2, 0.25) is 0 Å². The molecule has 20 heavy (non-hydrogen) atoms. The van der Waals surface area contributed by atoms with Gasteiger partial charge in [-0.05, 0) is 43.5 Å². The number of amides is 2. The predicted octanol–water partition coefficient (Wildman–Crippen LogP) is 3.28. The summed E-state index contributed by atoms with van der Waals surface area (Å²) in [6, 6.07) is 8.55. The van der Waals surface area contributed by atoms with E-state index >= 15 is 0 Å². The summed E-state index contributed by atoms with van der Waals surface area (Å²) in [6.07, 6.45) is 2.25. The molecule has 0 spiro atoms. The SMILES string of the molecule is CCNC(C)c1cccc(NC(=O)NC2CC2CC)c1. The Morgan fingerprint density at radius 2 is 2.20 bits per heavy atom. The van der Waals surface area contributed by atoms with E-state index in [1.807, 2.05) is 18.2 Å². The van der Waals surface area contributed by atoms with E-state index in [9.17, 15) is 4.79 Å². The number of urea groups is 1. The van der Waals surface area contributed by atoms with Gasteiger partial charge in [0.05, 0.1) is 0 Å². The summed E-state index contributed by atoms with van der Waals surface area (Å²) in [5.74, 6) is 0.667. The van der Waals surface area contributed by atoms with E-state index in [0.717, 1.165) is 25.1 Å². The molecule has 2 rings (SSSR count). The van der Waals surface area contributed by atoms with Crippen LogP contribution in [-0.4, -0.2) is 18.6 Å². The van der Waals surface area contributed by atoms with Crippen molar-refractivity contribution in [3.05, 3.63) is 29.8 Å². The summed E-state index contributed by atoms with van der Waals surface area (Å²) in [5.41, 5.74) is 2.03. The third-order valence-electron chi connectivity index (χ3n) is 3.92. The summed E-state index contributed by atoms with van der Waals surface area (Å²) in [5, 5.41) is 9.30. The van der Waals surface area contributed by atoms with E-state index in [-0.39, 0.29) is 12.1 Å². The average molecular weight is 275 g/mol. The normalized spacial score (nSPS) is 22.1. The number of rotatable bonds is 6. The summed E-state index contributed by atoms with van der Waals surface area (Å²) in [4.78, 5) is 11.9. The van der Waals surface area contributed by atoms with Crippen molar-refractivity contribution < 1.29 is 4.79 Å². The molecule has 4 nitrogen and oxygen atoms in total. The quantitative estimate of drug-likeness (QED) is 0.746. The van der Waals surface area contributed by atoms with Gasteiger partial charge >= 0.3 is 6.03 Å². The van der Waals surface area contributed by atoms with E-state index in [2.05, 4.69) is 42.8 Å². The summed E-state index contributed by atoms with van der Waals surface area (Å²) in [7, 11) is 0. The Labute approximate surface area is 121 Å². The van der Waals surface area contributed by atoms with Gasteiger partial charge in [0, 0.05) is 17.8 Å². The van der Waals surface area contributed by atoms with Gasteiger partial charge in [0.25, 0.3) is 0 Å². The van der Waals surface area contributed by atoms with Gasteiger partial charge in [-0.15, -0.1) is 0 Å². The van der Waals surface area contributed by atoms with Crippen molar-refractivity contribution in [1.82, 2.24) is 10.6 Å². The van der Waals surface area contributed by atoms with Crippen LogP contribution < -0.4 is 16.0 Å². The van der Waals surface area contributed by atoms with E-state index < -0.39 is 0 Å². The Morgan fingerprint density at radius 1 is 1.40 bits per heavy atom. The largest absolute Gasteiger partial charge is 0.335 e. The minimum atomic E-state index is -0.0980. The van der Waals surface area contributed by atoms with E-state index in [0.29, 0.717) is 12.0 Å². The van der Waals surface area contributed by atoms with E-state index in [1.54, 1.807) is 0 Å². The molecule has 1 aliphatic carbocycles. The highest BCUT2D eigenvalue weighted by atomic mass is 16.2. The number of hydrogen-bond acceptors (Lipinski definition) is 2. The smallest absolute Gasteiger partial charge is 0.319 e. The maximum atomic E-state index is 11.9. The van der Waals surface area contributed by atoms with Gasteiger partial charge in [-0.3, -0.25) is 0 Å². The lowest BCUT2D eigenvalue weighted by atomic mass is 10.1. The lowest BCUT2D eigenvalue weighted by Gasteiger charge is -2.14. The molecular weight excluding hydrogens is 250 g/mol. The molecule has 0 aliphatic heterocycles. The highest BCUT2D eigenvalue weighted by Gasteiger charge is 2.36. The van der Waals surface area contributed by atoms with E-state index in [4.69, 9.17) is 0 Å². The van der Waals surface area contributed by atoms with Gasteiger partial charge in [-0.2, -0.15) is 0 Å². The van der Waals surface area contributed by atoms with Crippen LogP contribution in [0.3, 0.4) is 0 Å². The van der Waals surface area contributed by atoms with Crippen molar-refractivity contribution in [2.75, 3.05) is 11.9 Å². The Kier molecular flexibility index (Phi) is 5.01. The minimum absolute atomic E-state index is 0.0980. The highest BCUT2D eigenvalue weighted by Crippen LogP contribution is 2.33. The molecule has 1 aliphatic rings. The topological polar surface area (TPSA) is 53.2 Å². The molecule has 1 aromatic carbocycles. The second kappa shape index (κ2) is 6.75. The maximum Gasteiger partial charge on any atom is 0.319 e. The number of hydrogen-bond donors (Lipinski definition) is 3. The van der Waals surface area contributed by atoms with Crippen LogP contribution in [0.5, 0.6) is 0 Å². The number of benzene rings is 1. The fourth-order valence-electron chi connectivity index (χ4n) is 2.52. The third-order valence-corrected chi connectivity index (χ3v) is 3.92. The fourth-order valence-corrected chi connectivity index (χ4v) is 2.52. The van der Waals surface area contributed by atoms with E-state index in [1.165, 1.54) is 5.56 Å². The zero-order valence-corrected chi connectivity index (χ0v) is 12.6. The Bertz CT molecular complexity index is 461. The maximum absolute atomic E-state index is 11.9. The molecule has 0 bridgehead atoms. The van der Waals surface area contributed by atoms with Crippen molar-refractivity contribution >= 4 is 11.7 Å². The molecule has 0 saturated heterocycles. The second-order valence-electron chi connectivity index (χ2n) is 5.51. The van der Waals surface area contributed by atoms with Crippen molar-refractivity contribution in [3.8, 4) is 0 Å². The Morgan fingerprint density at radius 3 is 2.85 bits per heavy atom. The molecule has 110 valence electrons. The monoisotopic (exact) mass is 275 g/mol. The van der Waals surface area contributed by atoms with Crippen molar-refractivity contribution in [3.63, 3.8) is 0 Å². The van der Waals surface area contributed by atoms with Crippen LogP contribution in [0.4, 0.5) is 10.5 Å². The second-order valence-corrected chi connectivity index (χ2v) is 5.51. The highest BCUT2D eigenvalue weighted by molar-refractivity contribution is 5.89. The average Bonchev–Trinajstić information content (AvgIpc) is 3.17. The van der Waals surface area contributed by atoms with Gasteiger partial charge in [0.2, 0.25) is 0 Å². The first-order valence-corrected chi connectivity index (χ1v) is 7.54. The standard InChI is InChI=1S/C16H25N3O/c1-4-12-10-15(12)19-16(20)18-14-8-6-7-13(9-14)11(3)17-5-2/h6-9,11-12,15,17H,4-5,10H2,1-3H3,(H2,18,19,20). The molecule has 3 unspecified atom stereocenters. The summed E-state index contributed by atoms with van der Waals surface area (Å²) in [6.45, 7) is 7.31.